The van der Waals surface area contributed by atoms with E-state index >= 15 is 0 Å². The van der Waals surface area contributed by atoms with Crippen LogP contribution in [0.15, 0.2) is 0 Å². The highest BCUT2D eigenvalue weighted by molar-refractivity contribution is 7.89. The van der Waals surface area contributed by atoms with Gasteiger partial charge in [0.05, 0.1) is 11.8 Å². The Balaban J connectivity index is 4.28. The van der Waals surface area contributed by atoms with Gasteiger partial charge in [-0.1, -0.05) is 33.6 Å². The van der Waals surface area contributed by atoms with E-state index in [-0.39, 0.29) is 17.2 Å². The van der Waals surface area contributed by atoms with Gasteiger partial charge in [-0.2, -0.15) is 0 Å². The third-order valence-corrected chi connectivity index (χ3v) is 3.44. The van der Waals surface area contributed by atoms with Crippen molar-refractivity contribution in [1.82, 2.24) is 4.72 Å². The molecule has 0 radical (unpaired) electrons. The first-order valence-electron chi connectivity index (χ1n) is 5.16. The van der Waals surface area contributed by atoms with E-state index in [1.165, 1.54) is 0 Å². The van der Waals surface area contributed by atoms with Crippen LogP contribution in [0.25, 0.3) is 0 Å². The van der Waals surface area contributed by atoms with Crippen LogP contribution in [0.2, 0.25) is 0 Å². The lowest BCUT2D eigenvalue weighted by atomic mass is 9.94. The van der Waals surface area contributed by atoms with Crippen LogP contribution in [0.5, 0.6) is 0 Å². The van der Waals surface area contributed by atoms with Crippen molar-refractivity contribution in [3.8, 4) is 12.3 Å². The Labute approximate surface area is 93.7 Å². The Morgan fingerprint density at radius 1 is 1.40 bits per heavy atom. The summed E-state index contributed by atoms with van der Waals surface area (Å²) in [6.07, 6.45) is 6.44. The maximum atomic E-state index is 11.6. The molecule has 3 nitrogen and oxygen atoms in total. The molecule has 15 heavy (non-hydrogen) atoms. The fraction of sp³-hybridized carbons (Fsp3) is 0.818. The van der Waals surface area contributed by atoms with Gasteiger partial charge in [-0.05, 0) is 18.3 Å². The normalized spacial score (nSPS) is 14.6. The lowest BCUT2D eigenvalue weighted by Gasteiger charge is -2.19. The van der Waals surface area contributed by atoms with Gasteiger partial charge >= 0.3 is 0 Å². The zero-order valence-electron chi connectivity index (χ0n) is 10.0. The molecule has 1 N–H and O–H groups in total. The zero-order chi connectivity index (χ0) is 12.1. The van der Waals surface area contributed by atoms with Crippen LogP contribution in [-0.4, -0.2) is 20.2 Å². The van der Waals surface area contributed by atoms with Crippen molar-refractivity contribution in [1.29, 1.82) is 0 Å². The number of nitrogens with one attached hydrogen (secondary N) is 1. The van der Waals surface area contributed by atoms with Gasteiger partial charge in [0.15, 0.2) is 0 Å². The van der Waals surface area contributed by atoms with Crippen LogP contribution < -0.4 is 4.72 Å². The molecule has 0 rings (SSSR count). The predicted molar refractivity (Wildman–Crippen MR) is 63.9 cm³/mol. The molecule has 0 bridgehead atoms. The summed E-state index contributed by atoms with van der Waals surface area (Å²) in [5.74, 6) is 2.55. The van der Waals surface area contributed by atoms with Gasteiger partial charge in [-0.15, -0.1) is 6.42 Å². The van der Waals surface area contributed by atoms with E-state index in [2.05, 4.69) is 10.6 Å². The Kier molecular flexibility index (Phi) is 5.33. The molecule has 0 aliphatic heterocycles. The molecule has 0 saturated carbocycles. The minimum absolute atomic E-state index is 0.0204. The predicted octanol–water partition coefficient (Wildman–Crippen LogP) is 1.75. The van der Waals surface area contributed by atoms with E-state index in [4.69, 9.17) is 6.42 Å². The van der Waals surface area contributed by atoms with Gasteiger partial charge < -0.3 is 0 Å². The molecule has 0 aromatic heterocycles. The number of hydrogen-bond donors (Lipinski definition) is 1. The second-order valence-corrected chi connectivity index (χ2v) is 6.75. The molecule has 0 aromatic rings. The topological polar surface area (TPSA) is 46.2 Å². The van der Waals surface area contributed by atoms with Crippen LogP contribution in [0.1, 0.15) is 40.5 Å². The van der Waals surface area contributed by atoms with Crippen molar-refractivity contribution in [3.05, 3.63) is 0 Å². The Morgan fingerprint density at radius 3 is 2.27 bits per heavy atom. The molecule has 1 atom stereocenters. The molecule has 0 saturated heterocycles. The number of hydrogen-bond acceptors (Lipinski definition) is 2. The molecule has 0 fully saturated rings. The number of rotatable bonds is 5. The first-order valence-corrected chi connectivity index (χ1v) is 6.81. The summed E-state index contributed by atoms with van der Waals surface area (Å²) in [7, 11) is -3.23. The Bertz CT molecular complexity index is 319. The molecular formula is C11H21NO2S. The first kappa shape index (κ1) is 14.5. The van der Waals surface area contributed by atoms with Crippen LogP contribution in [0.3, 0.4) is 0 Å². The minimum Gasteiger partial charge on any atom is -0.212 e. The van der Waals surface area contributed by atoms with E-state index in [0.717, 1.165) is 0 Å². The lowest BCUT2D eigenvalue weighted by molar-refractivity contribution is 0.396. The fourth-order valence-corrected chi connectivity index (χ4v) is 2.62. The van der Waals surface area contributed by atoms with E-state index in [1.54, 1.807) is 0 Å². The van der Waals surface area contributed by atoms with Gasteiger partial charge in [-0.3, -0.25) is 0 Å². The molecule has 0 aliphatic carbocycles. The van der Waals surface area contributed by atoms with Crippen molar-refractivity contribution in [2.45, 2.75) is 46.6 Å². The summed E-state index contributed by atoms with van der Waals surface area (Å²) in [6.45, 7) is 7.90. The summed E-state index contributed by atoms with van der Waals surface area (Å²) in [6, 6.07) is -0.380. The third kappa shape index (κ3) is 7.40. The second-order valence-electron chi connectivity index (χ2n) is 4.87. The maximum Gasteiger partial charge on any atom is 0.212 e. The van der Waals surface area contributed by atoms with E-state index in [1.807, 2.05) is 27.7 Å². The van der Waals surface area contributed by atoms with Gasteiger partial charge in [0.1, 0.15) is 0 Å². The summed E-state index contributed by atoms with van der Waals surface area (Å²) >= 11 is 0. The molecule has 1 unspecified atom stereocenters. The largest absolute Gasteiger partial charge is 0.212 e. The highest BCUT2D eigenvalue weighted by Crippen LogP contribution is 2.18. The summed E-state index contributed by atoms with van der Waals surface area (Å²) < 4.78 is 25.7. The van der Waals surface area contributed by atoms with E-state index in [0.29, 0.717) is 12.8 Å². The lowest BCUT2D eigenvalue weighted by Crippen LogP contribution is -2.35. The molecule has 0 heterocycles. The summed E-state index contributed by atoms with van der Waals surface area (Å²) in [4.78, 5) is 0. The van der Waals surface area contributed by atoms with Gasteiger partial charge in [0.25, 0.3) is 0 Å². The molecule has 0 spiro atoms. The molecule has 0 aromatic carbocycles. The summed E-state index contributed by atoms with van der Waals surface area (Å²) in [5.41, 5.74) is 0.0204. The van der Waals surface area contributed by atoms with Crippen LogP contribution in [-0.2, 0) is 10.0 Å². The third-order valence-electron chi connectivity index (χ3n) is 2.05. The van der Waals surface area contributed by atoms with Crippen molar-refractivity contribution in [3.63, 3.8) is 0 Å². The highest BCUT2D eigenvalue weighted by atomic mass is 32.2. The summed E-state index contributed by atoms with van der Waals surface area (Å²) in [5, 5.41) is 0. The smallest absolute Gasteiger partial charge is 0.212 e. The van der Waals surface area contributed by atoms with Crippen LogP contribution in [0.4, 0.5) is 0 Å². The Morgan fingerprint density at radius 2 is 1.93 bits per heavy atom. The average Bonchev–Trinajstić information content (AvgIpc) is 2.10. The average molecular weight is 231 g/mol. The maximum absolute atomic E-state index is 11.6. The SMILES string of the molecule is C#CC(CC)NS(=O)(=O)CCC(C)(C)C. The molecule has 4 heteroatoms. The fourth-order valence-electron chi connectivity index (χ4n) is 0.951. The van der Waals surface area contributed by atoms with E-state index < -0.39 is 10.0 Å². The molecule has 88 valence electrons. The highest BCUT2D eigenvalue weighted by Gasteiger charge is 2.19. The minimum atomic E-state index is -3.23. The van der Waals surface area contributed by atoms with Gasteiger partial charge in [0, 0.05) is 0 Å². The van der Waals surface area contributed by atoms with Crippen molar-refractivity contribution < 1.29 is 8.42 Å². The van der Waals surface area contributed by atoms with Crippen LogP contribution in [0, 0.1) is 17.8 Å². The quantitative estimate of drug-likeness (QED) is 0.733. The monoisotopic (exact) mass is 231 g/mol. The van der Waals surface area contributed by atoms with Gasteiger partial charge in [0.2, 0.25) is 10.0 Å². The number of sulfonamides is 1. The molecule has 0 aliphatic rings. The number of terminal acetylenes is 1. The second kappa shape index (κ2) is 5.53. The van der Waals surface area contributed by atoms with E-state index in [9.17, 15) is 8.42 Å². The van der Waals surface area contributed by atoms with Crippen LogP contribution >= 0.6 is 0 Å². The molecule has 0 amide bonds. The van der Waals surface area contributed by atoms with Gasteiger partial charge in [-0.25, -0.2) is 13.1 Å². The zero-order valence-corrected chi connectivity index (χ0v) is 10.8. The Hall–Kier alpha value is -0.530. The van der Waals surface area contributed by atoms with Crippen molar-refractivity contribution in [2.75, 3.05) is 5.75 Å². The standard InChI is InChI=1S/C11H21NO2S/c1-6-10(7-2)12-15(13,14)9-8-11(3,4)5/h1,10,12H,7-9H2,2-5H3. The first-order chi connectivity index (χ1) is 6.70. The van der Waals surface area contributed by atoms with Crippen molar-refractivity contribution in [2.24, 2.45) is 5.41 Å². The van der Waals surface area contributed by atoms with Crippen molar-refractivity contribution >= 4 is 10.0 Å². The molecular weight excluding hydrogens is 210 g/mol.